The van der Waals surface area contributed by atoms with Gasteiger partial charge in [-0.2, -0.15) is 5.10 Å². The highest BCUT2D eigenvalue weighted by molar-refractivity contribution is 5.92. The molecule has 0 spiro atoms. The Hall–Kier alpha value is -2.05. The molecule has 3 amide bonds. The van der Waals surface area contributed by atoms with E-state index in [1.54, 1.807) is 10.7 Å². The first-order chi connectivity index (χ1) is 11.5. The maximum absolute atomic E-state index is 12.4. The van der Waals surface area contributed by atoms with Crippen LogP contribution in [-0.2, 0) is 0 Å². The van der Waals surface area contributed by atoms with Gasteiger partial charge in [-0.15, -0.1) is 0 Å². The fourth-order valence-electron chi connectivity index (χ4n) is 3.33. The molecule has 2 fully saturated rings. The Bertz CT molecular complexity index is 584. The molecule has 1 aromatic rings. The van der Waals surface area contributed by atoms with Gasteiger partial charge in [0.1, 0.15) is 5.69 Å². The molecule has 3 heterocycles. The molecule has 1 N–H and O–H groups in total. The summed E-state index contributed by atoms with van der Waals surface area (Å²) in [6.45, 7) is 7.24. The summed E-state index contributed by atoms with van der Waals surface area (Å²) in [5.41, 5.74) is 0.458. The van der Waals surface area contributed by atoms with Crippen molar-refractivity contribution in [1.29, 1.82) is 0 Å². The highest BCUT2D eigenvalue weighted by Gasteiger charge is 2.28. The summed E-state index contributed by atoms with van der Waals surface area (Å²) in [5.74, 6) is -0.126. The summed E-state index contributed by atoms with van der Waals surface area (Å²) >= 11 is 0. The van der Waals surface area contributed by atoms with Gasteiger partial charge in [-0.3, -0.25) is 9.48 Å². The van der Waals surface area contributed by atoms with E-state index >= 15 is 0 Å². The van der Waals surface area contributed by atoms with Crippen LogP contribution >= 0.6 is 0 Å². The van der Waals surface area contributed by atoms with E-state index in [1.807, 2.05) is 29.8 Å². The smallest absolute Gasteiger partial charge is 0.319 e. The van der Waals surface area contributed by atoms with Crippen molar-refractivity contribution in [2.24, 2.45) is 0 Å². The van der Waals surface area contributed by atoms with Crippen molar-refractivity contribution >= 4 is 11.9 Å². The van der Waals surface area contributed by atoms with Crippen LogP contribution in [0, 0.1) is 0 Å². The van der Waals surface area contributed by atoms with Gasteiger partial charge in [0.05, 0.1) is 0 Å². The van der Waals surface area contributed by atoms with Gasteiger partial charge >= 0.3 is 6.03 Å². The number of nitrogens with one attached hydrogen (secondary N) is 1. The van der Waals surface area contributed by atoms with Crippen LogP contribution in [0.25, 0.3) is 0 Å². The fourth-order valence-corrected chi connectivity index (χ4v) is 3.33. The van der Waals surface area contributed by atoms with Gasteiger partial charge in [-0.05, 0) is 45.6 Å². The number of hydrogen-bond donors (Lipinski definition) is 1. The third-order valence-corrected chi connectivity index (χ3v) is 4.85. The van der Waals surface area contributed by atoms with Gasteiger partial charge in [0, 0.05) is 44.5 Å². The maximum Gasteiger partial charge on any atom is 0.319 e. The predicted octanol–water partition coefficient (Wildman–Crippen LogP) is 1.87. The third kappa shape index (κ3) is 3.71. The fraction of sp³-hybridized carbons (Fsp3) is 0.706. The second kappa shape index (κ2) is 7.23. The standard InChI is InChI=1S/C17H27N5O2/c1-13(2)22-12-7-15(19-22)16(23)18-14-5-10-21(11-6-14)17(24)20-8-3-4-9-20/h7,12-14H,3-6,8-11H2,1-2H3,(H,18,23). The van der Waals surface area contributed by atoms with E-state index in [0.29, 0.717) is 18.8 Å². The first-order valence-electron chi connectivity index (χ1n) is 8.94. The molecule has 0 radical (unpaired) electrons. The quantitative estimate of drug-likeness (QED) is 0.918. The molecule has 24 heavy (non-hydrogen) atoms. The van der Waals surface area contributed by atoms with Crippen LogP contribution in [0.1, 0.15) is 56.1 Å². The molecule has 0 aromatic carbocycles. The lowest BCUT2D eigenvalue weighted by molar-refractivity contribution is 0.0906. The molecule has 0 unspecified atom stereocenters. The highest BCUT2D eigenvalue weighted by atomic mass is 16.2. The Morgan fingerprint density at radius 1 is 1.12 bits per heavy atom. The van der Waals surface area contributed by atoms with Crippen molar-refractivity contribution in [3.8, 4) is 0 Å². The van der Waals surface area contributed by atoms with Crippen LogP contribution < -0.4 is 5.32 Å². The van der Waals surface area contributed by atoms with Crippen LogP contribution in [0.5, 0.6) is 0 Å². The summed E-state index contributed by atoms with van der Waals surface area (Å²) in [5, 5.41) is 7.35. The first kappa shape index (κ1) is 16.8. The average Bonchev–Trinajstić information content (AvgIpc) is 3.26. The Morgan fingerprint density at radius 3 is 2.33 bits per heavy atom. The van der Waals surface area contributed by atoms with Gasteiger partial charge in [0.15, 0.2) is 0 Å². The van der Waals surface area contributed by atoms with Crippen molar-refractivity contribution in [3.05, 3.63) is 18.0 Å². The number of urea groups is 1. The Balaban J connectivity index is 1.47. The van der Waals surface area contributed by atoms with Crippen LogP contribution in [0.15, 0.2) is 12.3 Å². The molecule has 132 valence electrons. The summed E-state index contributed by atoms with van der Waals surface area (Å²) < 4.78 is 1.78. The van der Waals surface area contributed by atoms with Gasteiger partial charge in [0.2, 0.25) is 0 Å². The van der Waals surface area contributed by atoms with Gasteiger partial charge < -0.3 is 15.1 Å². The van der Waals surface area contributed by atoms with Crippen molar-refractivity contribution < 1.29 is 9.59 Å². The lowest BCUT2D eigenvalue weighted by Crippen LogP contribution is -2.50. The second-order valence-electron chi connectivity index (χ2n) is 6.99. The van der Waals surface area contributed by atoms with E-state index in [1.165, 1.54) is 0 Å². The Morgan fingerprint density at radius 2 is 1.75 bits per heavy atom. The van der Waals surface area contributed by atoms with Crippen LogP contribution in [0.2, 0.25) is 0 Å². The summed E-state index contributed by atoms with van der Waals surface area (Å²) in [6.07, 6.45) is 5.66. The van der Waals surface area contributed by atoms with E-state index < -0.39 is 0 Å². The maximum atomic E-state index is 12.4. The van der Waals surface area contributed by atoms with Crippen molar-refractivity contribution in [2.45, 2.75) is 51.6 Å². The van der Waals surface area contributed by atoms with E-state index in [2.05, 4.69) is 10.4 Å². The third-order valence-electron chi connectivity index (χ3n) is 4.85. The summed E-state index contributed by atoms with van der Waals surface area (Å²) in [4.78, 5) is 28.5. The van der Waals surface area contributed by atoms with Crippen molar-refractivity contribution in [1.82, 2.24) is 24.9 Å². The van der Waals surface area contributed by atoms with Crippen molar-refractivity contribution in [3.63, 3.8) is 0 Å². The van der Waals surface area contributed by atoms with Gasteiger partial charge in [0.25, 0.3) is 5.91 Å². The van der Waals surface area contributed by atoms with Crippen LogP contribution in [0.4, 0.5) is 4.79 Å². The molecular formula is C17H27N5O2. The number of hydrogen-bond acceptors (Lipinski definition) is 3. The number of likely N-dealkylation sites (tertiary alicyclic amines) is 2. The number of piperidine rings is 1. The van der Waals surface area contributed by atoms with E-state index in [-0.39, 0.29) is 24.0 Å². The number of rotatable bonds is 3. The summed E-state index contributed by atoms with van der Waals surface area (Å²) in [6, 6.07) is 2.27. The number of aromatic nitrogens is 2. The summed E-state index contributed by atoms with van der Waals surface area (Å²) in [7, 11) is 0. The zero-order valence-corrected chi connectivity index (χ0v) is 14.6. The highest BCUT2D eigenvalue weighted by Crippen LogP contribution is 2.16. The number of carbonyl (C=O) groups excluding carboxylic acids is 2. The van der Waals surface area contributed by atoms with Gasteiger partial charge in [-0.25, -0.2) is 4.79 Å². The first-order valence-corrected chi connectivity index (χ1v) is 8.94. The van der Waals surface area contributed by atoms with Gasteiger partial charge in [-0.1, -0.05) is 0 Å². The van der Waals surface area contributed by atoms with E-state index in [4.69, 9.17) is 0 Å². The Labute approximate surface area is 143 Å². The number of nitrogens with zero attached hydrogens (tertiary/aromatic N) is 4. The molecule has 7 nitrogen and oxygen atoms in total. The lowest BCUT2D eigenvalue weighted by Gasteiger charge is -2.34. The normalized spacial score (nSPS) is 19.1. The molecule has 2 aliphatic rings. The zero-order valence-electron chi connectivity index (χ0n) is 14.6. The monoisotopic (exact) mass is 333 g/mol. The largest absolute Gasteiger partial charge is 0.348 e. The van der Waals surface area contributed by atoms with Crippen molar-refractivity contribution in [2.75, 3.05) is 26.2 Å². The predicted molar refractivity (Wildman–Crippen MR) is 90.9 cm³/mol. The molecule has 2 saturated heterocycles. The molecule has 0 bridgehead atoms. The topological polar surface area (TPSA) is 70.5 Å². The Kier molecular flexibility index (Phi) is 5.06. The lowest BCUT2D eigenvalue weighted by atomic mass is 10.1. The molecule has 0 aliphatic carbocycles. The minimum Gasteiger partial charge on any atom is -0.348 e. The van der Waals surface area contributed by atoms with Crippen LogP contribution in [0.3, 0.4) is 0 Å². The minimum absolute atomic E-state index is 0.115. The number of amides is 3. The molecule has 0 atom stereocenters. The molecule has 0 saturated carbocycles. The zero-order chi connectivity index (χ0) is 17.1. The SMILES string of the molecule is CC(C)n1ccc(C(=O)NC2CCN(C(=O)N3CCCC3)CC2)n1. The van der Waals surface area contributed by atoms with Crippen LogP contribution in [-0.4, -0.2) is 63.7 Å². The number of carbonyl (C=O) groups is 2. The molecule has 3 rings (SSSR count). The minimum atomic E-state index is -0.126. The van der Waals surface area contributed by atoms with E-state index in [9.17, 15) is 9.59 Å². The average molecular weight is 333 g/mol. The molecule has 1 aromatic heterocycles. The molecular weight excluding hydrogens is 306 g/mol. The van der Waals surface area contributed by atoms with E-state index in [0.717, 1.165) is 38.8 Å². The second-order valence-corrected chi connectivity index (χ2v) is 6.99. The molecule has 2 aliphatic heterocycles. The molecule has 7 heteroatoms.